The summed E-state index contributed by atoms with van der Waals surface area (Å²) in [6.07, 6.45) is 1.71. The van der Waals surface area contributed by atoms with E-state index in [-0.39, 0.29) is 17.1 Å². The van der Waals surface area contributed by atoms with Gasteiger partial charge < -0.3 is 4.90 Å². The minimum absolute atomic E-state index is 0.00644. The van der Waals surface area contributed by atoms with Gasteiger partial charge in [-0.2, -0.15) is 0 Å². The minimum atomic E-state index is -0.355. The standard InChI is InChI=1S/C23H18N2O3S2/c1-25(22(27)18-5-3-2-4-6-18)13-16-12-19(29-14-16)17-9-7-15(8-10-17)11-20-21(26)24-23(28)30-20/h2-12,14H,13H2,1H3,(H,24,26,28)/b20-11+. The first-order chi connectivity index (χ1) is 14.5. The Morgan fingerprint density at radius 2 is 1.80 bits per heavy atom. The van der Waals surface area contributed by atoms with Crippen molar-refractivity contribution in [2.24, 2.45) is 0 Å². The summed E-state index contributed by atoms with van der Waals surface area (Å²) in [5.41, 5.74) is 3.67. The van der Waals surface area contributed by atoms with Crippen LogP contribution in [0.3, 0.4) is 0 Å². The van der Waals surface area contributed by atoms with Gasteiger partial charge in [-0.3, -0.25) is 19.7 Å². The summed E-state index contributed by atoms with van der Waals surface area (Å²) in [5, 5.41) is 3.97. The number of carbonyl (C=O) groups is 3. The third-order valence-corrected chi connectivity index (χ3v) is 6.41. The van der Waals surface area contributed by atoms with Crippen LogP contribution in [0.4, 0.5) is 4.79 Å². The van der Waals surface area contributed by atoms with Crippen LogP contribution < -0.4 is 5.32 Å². The molecule has 0 unspecified atom stereocenters. The zero-order chi connectivity index (χ0) is 21.1. The zero-order valence-electron chi connectivity index (χ0n) is 16.1. The van der Waals surface area contributed by atoms with Gasteiger partial charge in [0.05, 0.1) is 4.91 Å². The highest BCUT2D eigenvalue weighted by Crippen LogP contribution is 2.30. The molecule has 150 valence electrons. The number of carbonyl (C=O) groups excluding carboxylic acids is 3. The lowest BCUT2D eigenvalue weighted by molar-refractivity contribution is -0.115. The Balaban J connectivity index is 1.44. The molecule has 1 aliphatic rings. The molecule has 4 rings (SSSR count). The molecule has 1 saturated heterocycles. The molecule has 5 nitrogen and oxygen atoms in total. The maximum absolute atomic E-state index is 12.5. The number of imide groups is 1. The van der Waals surface area contributed by atoms with Crippen molar-refractivity contribution >= 4 is 46.2 Å². The van der Waals surface area contributed by atoms with Gasteiger partial charge >= 0.3 is 0 Å². The lowest BCUT2D eigenvalue weighted by Crippen LogP contribution is -2.25. The predicted molar refractivity (Wildman–Crippen MR) is 121 cm³/mol. The Kier molecular flexibility index (Phi) is 5.83. The fraction of sp³-hybridized carbons (Fsp3) is 0.0870. The number of nitrogens with one attached hydrogen (secondary N) is 1. The lowest BCUT2D eigenvalue weighted by atomic mass is 10.1. The first-order valence-electron chi connectivity index (χ1n) is 9.23. The first-order valence-corrected chi connectivity index (χ1v) is 10.9. The van der Waals surface area contributed by atoms with E-state index in [2.05, 4.69) is 16.8 Å². The quantitative estimate of drug-likeness (QED) is 0.573. The van der Waals surface area contributed by atoms with Crippen LogP contribution in [-0.4, -0.2) is 29.0 Å². The third-order valence-electron chi connectivity index (χ3n) is 4.58. The van der Waals surface area contributed by atoms with Gasteiger partial charge in [-0.1, -0.05) is 42.5 Å². The molecule has 0 saturated carbocycles. The molecule has 2 aromatic carbocycles. The predicted octanol–water partition coefficient (Wildman–Crippen LogP) is 5.01. The molecule has 3 amide bonds. The highest BCUT2D eigenvalue weighted by molar-refractivity contribution is 8.18. The Hall–Kier alpha value is -3.16. The van der Waals surface area contributed by atoms with Gasteiger partial charge in [-0.25, -0.2) is 0 Å². The van der Waals surface area contributed by atoms with Gasteiger partial charge in [0.1, 0.15) is 0 Å². The van der Waals surface area contributed by atoms with Gasteiger partial charge in [-0.05, 0) is 58.1 Å². The molecule has 0 atom stereocenters. The lowest BCUT2D eigenvalue weighted by Gasteiger charge is -2.16. The number of nitrogens with zero attached hydrogens (tertiary/aromatic N) is 1. The monoisotopic (exact) mass is 434 g/mol. The summed E-state index contributed by atoms with van der Waals surface area (Å²) in [4.78, 5) is 38.7. The van der Waals surface area contributed by atoms with Crippen molar-refractivity contribution < 1.29 is 14.4 Å². The normalized spacial score (nSPS) is 14.8. The molecule has 0 radical (unpaired) electrons. The molecule has 0 spiro atoms. The molecule has 0 aliphatic carbocycles. The molecule has 2 heterocycles. The number of benzene rings is 2. The van der Waals surface area contributed by atoms with E-state index >= 15 is 0 Å². The second-order valence-corrected chi connectivity index (χ2v) is 8.75. The van der Waals surface area contributed by atoms with Crippen LogP contribution in [0.2, 0.25) is 0 Å². The number of amides is 3. The van der Waals surface area contributed by atoms with Crippen LogP contribution in [0.5, 0.6) is 0 Å². The SMILES string of the molecule is CN(Cc1csc(-c2ccc(/C=C3/SC(=O)NC3=O)cc2)c1)C(=O)c1ccccc1. The molecule has 3 aromatic rings. The molecule has 0 bridgehead atoms. The topological polar surface area (TPSA) is 66.5 Å². The number of thioether (sulfide) groups is 1. The summed E-state index contributed by atoms with van der Waals surface area (Å²) < 4.78 is 0. The van der Waals surface area contributed by atoms with Crippen molar-refractivity contribution in [3.05, 3.63) is 87.6 Å². The molecule has 1 N–H and O–H groups in total. The van der Waals surface area contributed by atoms with Gasteiger partial charge in [0, 0.05) is 24.0 Å². The molecular weight excluding hydrogens is 416 g/mol. The second-order valence-electron chi connectivity index (χ2n) is 6.82. The maximum Gasteiger partial charge on any atom is 0.290 e. The van der Waals surface area contributed by atoms with E-state index in [4.69, 9.17) is 0 Å². The van der Waals surface area contributed by atoms with E-state index in [1.807, 2.05) is 54.6 Å². The van der Waals surface area contributed by atoms with E-state index in [1.165, 1.54) is 0 Å². The van der Waals surface area contributed by atoms with Crippen molar-refractivity contribution in [2.75, 3.05) is 7.05 Å². The minimum Gasteiger partial charge on any atom is -0.337 e. The van der Waals surface area contributed by atoms with Crippen molar-refractivity contribution in [3.8, 4) is 10.4 Å². The van der Waals surface area contributed by atoms with Crippen LogP contribution in [0.1, 0.15) is 21.5 Å². The molecular formula is C23H18N2O3S2. The maximum atomic E-state index is 12.5. The van der Waals surface area contributed by atoms with Gasteiger partial charge in [0.25, 0.3) is 17.1 Å². The average Bonchev–Trinajstić information content (AvgIpc) is 3.34. The first kappa shape index (κ1) is 20.1. The Labute approximate surface area is 182 Å². The highest BCUT2D eigenvalue weighted by atomic mass is 32.2. The number of hydrogen-bond donors (Lipinski definition) is 1. The molecule has 7 heteroatoms. The second kappa shape index (κ2) is 8.69. The highest BCUT2D eigenvalue weighted by Gasteiger charge is 2.24. The Morgan fingerprint density at radius 1 is 1.07 bits per heavy atom. The van der Waals surface area contributed by atoms with Crippen molar-refractivity contribution in [2.45, 2.75) is 6.54 Å². The fourth-order valence-electron chi connectivity index (χ4n) is 3.07. The summed E-state index contributed by atoms with van der Waals surface area (Å²) in [5.74, 6) is -0.362. The van der Waals surface area contributed by atoms with Crippen LogP contribution in [0.25, 0.3) is 16.5 Å². The van der Waals surface area contributed by atoms with Gasteiger partial charge in [0.15, 0.2) is 0 Å². The Morgan fingerprint density at radius 3 is 2.47 bits per heavy atom. The van der Waals surface area contributed by atoms with Crippen LogP contribution >= 0.6 is 23.1 Å². The largest absolute Gasteiger partial charge is 0.337 e. The van der Waals surface area contributed by atoms with E-state index in [0.717, 1.165) is 33.3 Å². The van der Waals surface area contributed by atoms with Crippen LogP contribution in [-0.2, 0) is 11.3 Å². The van der Waals surface area contributed by atoms with E-state index in [0.29, 0.717) is 17.0 Å². The smallest absolute Gasteiger partial charge is 0.290 e. The van der Waals surface area contributed by atoms with E-state index < -0.39 is 0 Å². The molecule has 1 aliphatic heterocycles. The number of hydrogen-bond acceptors (Lipinski definition) is 5. The van der Waals surface area contributed by atoms with Crippen LogP contribution in [0.15, 0.2) is 70.9 Å². The summed E-state index contributed by atoms with van der Waals surface area (Å²) in [7, 11) is 1.80. The molecule has 1 aromatic heterocycles. The summed E-state index contributed by atoms with van der Waals surface area (Å²) >= 11 is 2.54. The van der Waals surface area contributed by atoms with E-state index in [9.17, 15) is 14.4 Å². The van der Waals surface area contributed by atoms with Crippen LogP contribution in [0, 0.1) is 0 Å². The zero-order valence-corrected chi connectivity index (χ0v) is 17.8. The fourth-order valence-corrected chi connectivity index (χ4v) is 4.67. The average molecular weight is 435 g/mol. The van der Waals surface area contributed by atoms with E-state index in [1.54, 1.807) is 29.4 Å². The van der Waals surface area contributed by atoms with Crippen molar-refractivity contribution in [1.82, 2.24) is 10.2 Å². The molecule has 1 fully saturated rings. The summed E-state index contributed by atoms with van der Waals surface area (Å²) in [6, 6.07) is 19.2. The summed E-state index contributed by atoms with van der Waals surface area (Å²) in [6.45, 7) is 0.536. The number of rotatable bonds is 5. The Bertz CT molecular complexity index is 1130. The number of thiophene rings is 1. The van der Waals surface area contributed by atoms with Crippen molar-refractivity contribution in [3.63, 3.8) is 0 Å². The van der Waals surface area contributed by atoms with Crippen molar-refractivity contribution in [1.29, 1.82) is 0 Å². The third kappa shape index (κ3) is 4.53. The molecule has 30 heavy (non-hydrogen) atoms. The van der Waals surface area contributed by atoms with Gasteiger partial charge in [0.2, 0.25) is 0 Å². The van der Waals surface area contributed by atoms with Gasteiger partial charge in [-0.15, -0.1) is 11.3 Å².